The molecule has 1 amide bonds. The van der Waals surface area contributed by atoms with Crippen LogP contribution in [0.5, 0.6) is 0 Å². The van der Waals surface area contributed by atoms with Crippen molar-refractivity contribution in [1.82, 2.24) is 9.78 Å². The zero-order valence-corrected chi connectivity index (χ0v) is 13.1. The summed E-state index contributed by atoms with van der Waals surface area (Å²) < 4.78 is 40.9. The highest BCUT2D eigenvalue weighted by atomic mass is 79.9. The molecular weight excluding hydrogens is 363 g/mol. The summed E-state index contributed by atoms with van der Waals surface area (Å²) in [7, 11) is 0. The largest absolute Gasteiger partial charge is 0.418 e. The lowest BCUT2D eigenvalue weighted by molar-refractivity contribution is -0.137. The minimum Gasteiger partial charge on any atom is -0.325 e. The Balaban J connectivity index is 2.09. The number of para-hydroxylation sites is 1. The standard InChI is InChI=1S/C14H13BrF3N3O/c1-9(7-21-8-10(15)6-19-21)13(22)20-12-5-3-2-4-11(12)14(16,17)18/h2-6,8-9H,7H2,1H3,(H,20,22)/t9-/m0/s1. The molecule has 1 heterocycles. The molecule has 0 fully saturated rings. The van der Waals surface area contributed by atoms with Crippen molar-refractivity contribution in [3.8, 4) is 0 Å². The number of halogens is 4. The van der Waals surface area contributed by atoms with Crippen LogP contribution in [0.4, 0.5) is 18.9 Å². The van der Waals surface area contributed by atoms with Crippen LogP contribution in [0.1, 0.15) is 12.5 Å². The highest BCUT2D eigenvalue weighted by Crippen LogP contribution is 2.34. The molecule has 4 nitrogen and oxygen atoms in total. The molecule has 118 valence electrons. The number of rotatable bonds is 4. The predicted octanol–water partition coefficient (Wildman–Crippen LogP) is 3.94. The van der Waals surface area contributed by atoms with E-state index in [4.69, 9.17) is 0 Å². The van der Waals surface area contributed by atoms with E-state index in [-0.39, 0.29) is 12.2 Å². The summed E-state index contributed by atoms with van der Waals surface area (Å²) in [4.78, 5) is 12.1. The van der Waals surface area contributed by atoms with Gasteiger partial charge in [-0.25, -0.2) is 0 Å². The number of anilines is 1. The summed E-state index contributed by atoms with van der Waals surface area (Å²) in [5.41, 5.74) is -1.11. The van der Waals surface area contributed by atoms with Crippen LogP contribution in [0.3, 0.4) is 0 Å². The van der Waals surface area contributed by atoms with E-state index >= 15 is 0 Å². The molecule has 0 aliphatic heterocycles. The first kappa shape index (κ1) is 16.5. The van der Waals surface area contributed by atoms with Crippen molar-refractivity contribution in [2.24, 2.45) is 5.92 Å². The van der Waals surface area contributed by atoms with Crippen molar-refractivity contribution in [3.63, 3.8) is 0 Å². The van der Waals surface area contributed by atoms with E-state index in [2.05, 4.69) is 26.3 Å². The highest BCUT2D eigenvalue weighted by molar-refractivity contribution is 9.10. The maximum absolute atomic E-state index is 12.9. The fourth-order valence-electron chi connectivity index (χ4n) is 1.90. The Kier molecular flexibility index (Phi) is 4.90. The Morgan fingerprint density at radius 3 is 2.68 bits per heavy atom. The van der Waals surface area contributed by atoms with Gasteiger partial charge in [-0.05, 0) is 28.1 Å². The lowest BCUT2D eigenvalue weighted by atomic mass is 10.1. The van der Waals surface area contributed by atoms with E-state index in [1.165, 1.54) is 18.2 Å². The fourth-order valence-corrected chi connectivity index (χ4v) is 2.22. The summed E-state index contributed by atoms with van der Waals surface area (Å²) in [6.45, 7) is 1.90. The van der Waals surface area contributed by atoms with Gasteiger partial charge in [0.25, 0.3) is 0 Å². The molecule has 1 aromatic carbocycles. The Bertz CT molecular complexity index is 669. The van der Waals surface area contributed by atoms with Gasteiger partial charge in [0.2, 0.25) is 5.91 Å². The minimum atomic E-state index is -4.51. The van der Waals surface area contributed by atoms with Gasteiger partial charge in [-0.1, -0.05) is 19.1 Å². The van der Waals surface area contributed by atoms with Crippen LogP contribution in [0, 0.1) is 5.92 Å². The third kappa shape index (κ3) is 4.09. The van der Waals surface area contributed by atoms with Crippen LogP contribution >= 0.6 is 15.9 Å². The molecule has 0 unspecified atom stereocenters. The van der Waals surface area contributed by atoms with Crippen molar-refractivity contribution >= 4 is 27.5 Å². The molecule has 0 aliphatic rings. The lowest BCUT2D eigenvalue weighted by Gasteiger charge is -2.16. The summed E-state index contributed by atoms with van der Waals surface area (Å²) in [6.07, 6.45) is -1.25. The first-order chi connectivity index (χ1) is 10.3. The molecule has 22 heavy (non-hydrogen) atoms. The average molecular weight is 376 g/mol. The Morgan fingerprint density at radius 2 is 2.09 bits per heavy atom. The number of hydrogen-bond acceptors (Lipinski definition) is 2. The van der Waals surface area contributed by atoms with Gasteiger partial charge in [-0.15, -0.1) is 0 Å². The summed E-state index contributed by atoms with van der Waals surface area (Å²) in [6, 6.07) is 4.89. The van der Waals surface area contributed by atoms with Gasteiger partial charge in [0, 0.05) is 6.20 Å². The van der Waals surface area contributed by atoms with Crippen LogP contribution in [-0.2, 0) is 17.5 Å². The first-order valence-corrected chi connectivity index (χ1v) is 7.21. The van der Waals surface area contributed by atoms with Gasteiger partial charge in [-0.2, -0.15) is 18.3 Å². The van der Waals surface area contributed by atoms with Crippen LogP contribution in [-0.4, -0.2) is 15.7 Å². The zero-order chi connectivity index (χ0) is 16.3. The van der Waals surface area contributed by atoms with Crippen LogP contribution in [0.15, 0.2) is 41.1 Å². The maximum atomic E-state index is 12.9. The summed E-state index contributed by atoms with van der Waals surface area (Å²) in [5, 5.41) is 6.34. The fraction of sp³-hybridized carbons (Fsp3) is 0.286. The van der Waals surface area contributed by atoms with Crippen LogP contribution < -0.4 is 5.32 Å². The van der Waals surface area contributed by atoms with Crippen molar-refractivity contribution in [3.05, 3.63) is 46.7 Å². The predicted molar refractivity (Wildman–Crippen MR) is 79.2 cm³/mol. The van der Waals surface area contributed by atoms with Gasteiger partial charge >= 0.3 is 6.18 Å². The molecule has 1 aromatic heterocycles. The van der Waals surface area contributed by atoms with Gasteiger partial charge in [0.15, 0.2) is 0 Å². The molecule has 0 radical (unpaired) electrons. The molecule has 0 saturated carbocycles. The van der Waals surface area contributed by atoms with Gasteiger partial charge in [-0.3, -0.25) is 9.48 Å². The van der Waals surface area contributed by atoms with E-state index in [0.29, 0.717) is 0 Å². The normalized spacial score (nSPS) is 13.0. The topological polar surface area (TPSA) is 46.9 Å². The summed E-state index contributed by atoms with van der Waals surface area (Å²) in [5.74, 6) is -1.03. The minimum absolute atomic E-state index is 0.242. The second-order valence-corrected chi connectivity index (χ2v) is 5.73. The highest BCUT2D eigenvalue weighted by Gasteiger charge is 2.33. The first-order valence-electron chi connectivity index (χ1n) is 6.42. The molecule has 8 heteroatoms. The Morgan fingerprint density at radius 1 is 1.41 bits per heavy atom. The number of benzene rings is 1. The molecule has 2 rings (SSSR count). The zero-order valence-electron chi connectivity index (χ0n) is 11.6. The number of carbonyl (C=O) groups is 1. The van der Waals surface area contributed by atoms with E-state index in [1.54, 1.807) is 24.0 Å². The van der Waals surface area contributed by atoms with Gasteiger partial charge in [0.1, 0.15) is 0 Å². The number of nitrogens with one attached hydrogen (secondary N) is 1. The number of amides is 1. The number of alkyl halides is 3. The number of carbonyl (C=O) groups excluding carboxylic acids is 1. The van der Waals surface area contributed by atoms with Crippen molar-refractivity contribution in [2.45, 2.75) is 19.6 Å². The second kappa shape index (κ2) is 6.51. The molecule has 0 spiro atoms. The molecule has 0 saturated heterocycles. The van der Waals surface area contributed by atoms with Crippen molar-refractivity contribution in [1.29, 1.82) is 0 Å². The van der Waals surface area contributed by atoms with Crippen molar-refractivity contribution in [2.75, 3.05) is 5.32 Å². The van der Waals surface area contributed by atoms with E-state index in [9.17, 15) is 18.0 Å². The molecular formula is C14H13BrF3N3O. The maximum Gasteiger partial charge on any atom is 0.418 e. The quantitative estimate of drug-likeness (QED) is 0.879. The molecule has 1 N–H and O–H groups in total. The smallest absolute Gasteiger partial charge is 0.325 e. The van der Waals surface area contributed by atoms with Crippen LogP contribution in [0.2, 0.25) is 0 Å². The molecule has 0 bridgehead atoms. The monoisotopic (exact) mass is 375 g/mol. The van der Waals surface area contributed by atoms with Crippen molar-refractivity contribution < 1.29 is 18.0 Å². The Labute approximate surface area is 133 Å². The van der Waals surface area contributed by atoms with E-state index in [0.717, 1.165) is 10.5 Å². The van der Waals surface area contributed by atoms with Gasteiger partial charge in [0.05, 0.1) is 34.4 Å². The Hall–Kier alpha value is -1.83. The molecule has 0 aliphatic carbocycles. The van der Waals surface area contributed by atoms with E-state index in [1.807, 2.05) is 0 Å². The average Bonchev–Trinajstić information content (AvgIpc) is 2.83. The van der Waals surface area contributed by atoms with Gasteiger partial charge < -0.3 is 5.32 Å². The third-order valence-corrected chi connectivity index (χ3v) is 3.41. The van der Waals surface area contributed by atoms with E-state index < -0.39 is 23.6 Å². The lowest BCUT2D eigenvalue weighted by Crippen LogP contribution is -2.26. The van der Waals surface area contributed by atoms with Crippen LogP contribution in [0.25, 0.3) is 0 Å². The SMILES string of the molecule is C[C@@H](Cn1cc(Br)cn1)C(=O)Nc1ccccc1C(F)(F)F. The number of aromatic nitrogens is 2. The second-order valence-electron chi connectivity index (χ2n) is 4.81. The summed E-state index contributed by atoms with van der Waals surface area (Å²) >= 11 is 3.24. The molecule has 1 atom stereocenters. The molecule has 2 aromatic rings. The third-order valence-electron chi connectivity index (χ3n) is 3.00. The number of nitrogens with zero attached hydrogens (tertiary/aromatic N) is 2. The number of hydrogen-bond donors (Lipinski definition) is 1.